The van der Waals surface area contributed by atoms with Gasteiger partial charge in [0.15, 0.2) is 11.3 Å². The molecule has 3 unspecified atom stereocenters. The lowest BCUT2D eigenvalue weighted by Gasteiger charge is -2.29. The van der Waals surface area contributed by atoms with Crippen LogP contribution in [0.5, 0.6) is 0 Å². The number of nitrogens with one attached hydrogen (secondary N) is 2. The Hall–Kier alpha value is -2.07. The summed E-state index contributed by atoms with van der Waals surface area (Å²) in [5, 5.41) is 11.8. The fourth-order valence-electron chi connectivity index (χ4n) is 3.18. The fourth-order valence-corrected chi connectivity index (χ4v) is 3.85. The largest absolute Gasteiger partial charge is 0.330 e. The second-order valence-corrected chi connectivity index (χ2v) is 7.82. The Bertz CT molecular complexity index is 684. The Kier molecular flexibility index (Phi) is 7.66. The van der Waals surface area contributed by atoms with Crippen LogP contribution >= 0.6 is 11.3 Å². The number of hydroxylamine groups is 1. The topological polar surface area (TPSA) is 112 Å². The summed E-state index contributed by atoms with van der Waals surface area (Å²) in [5.41, 5.74) is 1.27. The lowest BCUT2D eigenvalue weighted by Crippen LogP contribution is -2.49. The molecule has 2 heterocycles. The monoisotopic (exact) mass is 400 g/mol. The molecule has 27 heavy (non-hydrogen) atoms. The molecule has 1 aromatic heterocycles. The van der Waals surface area contributed by atoms with Crippen molar-refractivity contribution in [2.45, 2.75) is 58.2 Å². The van der Waals surface area contributed by atoms with Crippen LogP contribution in [0.1, 0.15) is 43.9 Å². The van der Waals surface area contributed by atoms with Gasteiger partial charge in [0.2, 0.25) is 11.8 Å². The maximum Gasteiger partial charge on any atom is 0.278 e. The number of rotatable bonds is 8. The zero-order chi connectivity index (χ0) is 20.0. The van der Waals surface area contributed by atoms with Gasteiger partial charge in [-0.2, -0.15) is 0 Å². The van der Waals surface area contributed by atoms with Gasteiger partial charge in [-0.15, -0.1) is 11.3 Å². The predicted octanol–water partition coefficient (Wildman–Crippen LogP) is 2.03. The molecule has 10 heteroatoms. The van der Waals surface area contributed by atoms with E-state index in [9.17, 15) is 18.8 Å². The van der Waals surface area contributed by atoms with Crippen molar-refractivity contribution in [3.05, 3.63) is 11.1 Å². The van der Waals surface area contributed by atoms with Crippen LogP contribution < -0.4 is 10.8 Å². The summed E-state index contributed by atoms with van der Waals surface area (Å²) in [6.45, 7) is 4.08. The average Bonchev–Trinajstić information content (AvgIpc) is 3.29. The molecule has 150 valence electrons. The van der Waals surface area contributed by atoms with E-state index in [4.69, 9.17) is 5.21 Å². The first-order valence-corrected chi connectivity index (χ1v) is 9.82. The Labute approximate surface area is 161 Å². The van der Waals surface area contributed by atoms with Gasteiger partial charge in [-0.25, -0.2) is 14.9 Å². The van der Waals surface area contributed by atoms with Crippen molar-refractivity contribution in [2.75, 3.05) is 11.9 Å². The number of aryl methyl sites for hydroxylation is 1. The van der Waals surface area contributed by atoms with Crippen LogP contribution in [0.2, 0.25) is 0 Å². The summed E-state index contributed by atoms with van der Waals surface area (Å²) in [6, 6.07) is -0.727. The van der Waals surface area contributed by atoms with Crippen molar-refractivity contribution in [2.24, 2.45) is 5.92 Å². The first-order chi connectivity index (χ1) is 12.9. The molecule has 1 aliphatic rings. The van der Waals surface area contributed by atoms with Gasteiger partial charge in [0.1, 0.15) is 6.04 Å². The van der Waals surface area contributed by atoms with E-state index in [1.807, 2.05) is 13.8 Å². The molecule has 0 spiro atoms. The number of likely N-dealkylation sites (tertiary alicyclic amines) is 1. The number of hydrogen-bond donors (Lipinski definition) is 3. The van der Waals surface area contributed by atoms with Crippen LogP contribution in [0, 0.1) is 12.8 Å². The Morgan fingerprint density at radius 2 is 2.22 bits per heavy atom. The number of carbonyl (C=O) groups excluding carboxylic acids is 3. The summed E-state index contributed by atoms with van der Waals surface area (Å²) < 4.78 is 14.4. The summed E-state index contributed by atoms with van der Waals surface area (Å²) >= 11 is 1.33. The van der Waals surface area contributed by atoms with E-state index < -0.39 is 29.9 Å². The molecule has 8 nitrogen and oxygen atoms in total. The lowest BCUT2D eigenvalue weighted by molar-refractivity contribution is -0.148. The van der Waals surface area contributed by atoms with Crippen molar-refractivity contribution < 1.29 is 24.0 Å². The molecule has 3 amide bonds. The highest BCUT2D eigenvalue weighted by Gasteiger charge is 2.41. The standard InChI is InChI=1S/C17H25FN4O4S/c1-3-4-6-11(13(18)15(24)21-26)16(25)22-8-5-7-12(22)14(23)20-17-19-9-10(2)27-17/h9,11-13,26H,3-8H2,1-2H3,(H,21,24)(H,19,20,23). The summed E-state index contributed by atoms with van der Waals surface area (Å²) in [4.78, 5) is 43.4. The molecular formula is C17H25FN4O4S. The quantitative estimate of drug-likeness (QED) is 0.457. The maximum absolute atomic E-state index is 14.4. The summed E-state index contributed by atoms with van der Waals surface area (Å²) in [5.74, 6) is -3.42. The third-order valence-electron chi connectivity index (χ3n) is 4.59. The minimum absolute atomic E-state index is 0.167. The zero-order valence-corrected chi connectivity index (χ0v) is 16.2. The normalized spacial score (nSPS) is 18.8. The van der Waals surface area contributed by atoms with E-state index >= 15 is 0 Å². The Balaban J connectivity index is 2.12. The molecule has 0 bridgehead atoms. The van der Waals surface area contributed by atoms with Gasteiger partial charge in [0, 0.05) is 17.6 Å². The van der Waals surface area contributed by atoms with Gasteiger partial charge in [0.25, 0.3) is 5.91 Å². The molecule has 3 N–H and O–H groups in total. The fraction of sp³-hybridized carbons (Fsp3) is 0.647. The van der Waals surface area contributed by atoms with E-state index in [-0.39, 0.29) is 12.3 Å². The molecule has 0 aromatic carbocycles. The van der Waals surface area contributed by atoms with Crippen LogP contribution in [0.25, 0.3) is 0 Å². The van der Waals surface area contributed by atoms with Gasteiger partial charge < -0.3 is 10.2 Å². The lowest BCUT2D eigenvalue weighted by atomic mass is 9.94. The van der Waals surface area contributed by atoms with Crippen LogP contribution in [0.3, 0.4) is 0 Å². The van der Waals surface area contributed by atoms with E-state index in [0.29, 0.717) is 30.9 Å². The van der Waals surface area contributed by atoms with Crippen LogP contribution in [0.15, 0.2) is 6.20 Å². The molecule has 3 atom stereocenters. The number of halogens is 1. The minimum atomic E-state index is -2.17. The molecular weight excluding hydrogens is 375 g/mol. The van der Waals surface area contributed by atoms with Crippen molar-refractivity contribution >= 4 is 34.2 Å². The van der Waals surface area contributed by atoms with Crippen LogP contribution in [-0.4, -0.2) is 51.6 Å². The van der Waals surface area contributed by atoms with Gasteiger partial charge in [-0.1, -0.05) is 19.8 Å². The van der Waals surface area contributed by atoms with Gasteiger partial charge in [-0.3, -0.25) is 19.6 Å². The number of alkyl halides is 1. The third-order valence-corrected chi connectivity index (χ3v) is 5.42. The number of thiazole rings is 1. The van der Waals surface area contributed by atoms with Crippen molar-refractivity contribution in [1.29, 1.82) is 0 Å². The first kappa shape index (κ1) is 21.2. The predicted molar refractivity (Wildman–Crippen MR) is 98.1 cm³/mol. The van der Waals surface area contributed by atoms with Crippen molar-refractivity contribution in [3.8, 4) is 0 Å². The highest BCUT2D eigenvalue weighted by atomic mass is 32.1. The van der Waals surface area contributed by atoms with Crippen molar-refractivity contribution in [3.63, 3.8) is 0 Å². The maximum atomic E-state index is 14.4. The number of unbranched alkanes of at least 4 members (excludes halogenated alkanes) is 1. The van der Waals surface area contributed by atoms with Gasteiger partial charge in [0.05, 0.1) is 5.92 Å². The molecule has 1 fully saturated rings. The number of amides is 3. The van der Waals surface area contributed by atoms with E-state index in [1.165, 1.54) is 21.7 Å². The Morgan fingerprint density at radius 3 is 2.81 bits per heavy atom. The number of aromatic nitrogens is 1. The number of hydrogen-bond acceptors (Lipinski definition) is 6. The highest BCUT2D eigenvalue weighted by molar-refractivity contribution is 7.15. The zero-order valence-electron chi connectivity index (χ0n) is 15.4. The molecule has 0 saturated carbocycles. The number of nitrogens with zero attached hydrogens (tertiary/aromatic N) is 2. The molecule has 1 aromatic rings. The Morgan fingerprint density at radius 1 is 1.48 bits per heavy atom. The first-order valence-electron chi connectivity index (χ1n) is 9.00. The van der Waals surface area contributed by atoms with E-state index in [1.54, 1.807) is 6.20 Å². The second kappa shape index (κ2) is 9.75. The molecule has 0 radical (unpaired) electrons. The van der Waals surface area contributed by atoms with E-state index in [0.717, 1.165) is 11.3 Å². The van der Waals surface area contributed by atoms with Gasteiger partial charge >= 0.3 is 0 Å². The summed E-state index contributed by atoms with van der Waals surface area (Å²) in [6.07, 6.45) is 2.00. The SMILES string of the molecule is CCCCC(C(=O)N1CCCC1C(=O)Nc1ncc(C)s1)C(F)C(=O)NO. The minimum Gasteiger partial charge on any atom is -0.330 e. The van der Waals surface area contributed by atoms with Crippen molar-refractivity contribution in [1.82, 2.24) is 15.4 Å². The average molecular weight is 400 g/mol. The number of carbonyl (C=O) groups is 3. The third kappa shape index (κ3) is 5.23. The molecule has 2 rings (SSSR count). The second-order valence-electron chi connectivity index (χ2n) is 6.58. The molecule has 0 aliphatic carbocycles. The van der Waals surface area contributed by atoms with E-state index in [2.05, 4.69) is 10.3 Å². The van der Waals surface area contributed by atoms with Crippen LogP contribution in [-0.2, 0) is 14.4 Å². The van der Waals surface area contributed by atoms with Crippen LogP contribution in [0.4, 0.5) is 9.52 Å². The summed E-state index contributed by atoms with van der Waals surface area (Å²) in [7, 11) is 0. The van der Waals surface area contributed by atoms with Gasteiger partial charge in [-0.05, 0) is 26.2 Å². The number of anilines is 1. The molecule has 1 saturated heterocycles. The smallest absolute Gasteiger partial charge is 0.278 e. The molecule has 1 aliphatic heterocycles. The highest BCUT2D eigenvalue weighted by Crippen LogP contribution is 2.27.